The predicted molar refractivity (Wildman–Crippen MR) is 58.5 cm³/mol. The van der Waals surface area contributed by atoms with Crippen molar-refractivity contribution in [2.75, 3.05) is 20.1 Å². The van der Waals surface area contributed by atoms with E-state index in [0.29, 0.717) is 13.1 Å². The molecule has 4 amide bonds. The molecule has 0 aromatic carbocycles. The molecule has 0 saturated heterocycles. The Morgan fingerprint density at radius 1 is 1.00 bits per heavy atom. The molecule has 0 unspecified atom stereocenters. The van der Waals surface area contributed by atoms with Gasteiger partial charge in [0.2, 0.25) is 0 Å². The summed E-state index contributed by atoms with van der Waals surface area (Å²) in [6.07, 6.45) is 3.92. The first-order valence-electron chi connectivity index (χ1n) is 5.15. The first-order chi connectivity index (χ1) is 7.16. The third-order valence-electron chi connectivity index (χ3n) is 1.92. The summed E-state index contributed by atoms with van der Waals surface area (Å²) in [4.78, 5) is 21.0. The second-order valence-corrected chi connectivity index (χ2v) is 3.21. The van der Waals surface area contributed by atoms with Crippen molar-refractivity contribution in [3.8, 4) is 0 Å². The van der Waals surface area contributed by atoms with Gasteiger partial charge in [0, 0.05) is 20.1 Å². The Kier molecular flexibility index (Phi) is 8.22. The van der Waals surface area contributed by atoms with Crippen molar-refractivity contribution in [1.29, 1.82) is 0 Å². The maximum Gasteiger partial charge on any atom is 0.314 e. The van der Waals surface area contributed by atoms with Gasteiger partial charge in [-0.15, -0.1) is 0 Å². The molecule has 6 nitrogen and oxygen atoms in total. The minimum Gasteiger partial charge on any atom is -0.352 e. The van der Waals surface area contributed by atoms with Crippen LogP contribution in [0.3, 0.4) is 0 Å². The molecule has 88 valence electrons. The summed E-state index contributed by atoms with van der Waals surface area (Å²) in [5, 5.41) is 7.70. The number of carbonyl (C=O) groups excluding carboxylic acids is 2. The van der Waals surface area contributed by atoms with Crippen LogP contribution < -0.4 is 21.7 Å². The molecular weight excluding hydrogens is 196 g/mol. The lowest BCUT2D eigenvalue weighted by molar-refractivity contribution is 0.242. The molecule has 6 heteroatoms. The fourth-order valence-electron chi connectivity index (χ4n) is 1.11. The Hall–Kier alpha value is -1.46. The van der Waals surface area contributed by atoms with Crippen LogP contribution >= 0.6 is 0 Å². The zero-order valence-corrected chi connectivity index (χ0v) is 9.14. The number of urea groups is 2. The van der Waals surface area contributed by atoms with E-state index in [-0.39, 0.29) is 6.03 Å². The minimum atomic E-state index is -0.476. The molecule has 0 aromatic heterocycles. The Morgan fingerprint density at radius 3 is 2.00 bits per heavy atom. The van der Waals surface area contributed by atoms with Crippen molar-refractivity contribution >= 4 is 12.1 Å². The molecular formula is C9H20N4O2. The topological polar surface area (TPSA) is 96.2 Å². The molecule has 0 heterocycles. The van der Waals surface area contributed by atoms with Crippen molar-refractivity contribution in [3.05, 3.63) is 0 Å². The van der Waals surface area contributed by atoms with Crippen LogP contribution in [0.5, 0.6) is 0 Å². The lowest BCUT2D eigenvalue weighted by atomic mass is 10.2. The highest BCUT2D eigenvalue weighted by molar-refractivity contribution is 5.73. The van der Waals surface area contributed by atoms with Gasteiger partial charge in [-0.3, -0.25) is 0 Å². The normalized spacial score (nSPS) is 9.40. The molecule has 0 bridgehead atoms. The summed E-state index contributed by atoms with van der Waals surface area (Å²) in [5.41, 5.74) is 4.90. The zero-order chi connectivity index (χ0) is 11.5. The van der Waals surface area contributed by atoms with Crippen LogP contribution in [0.4, 0.5) is 9.59 Å². The van der Waals surface area contributed by atoms with Gasteiger partial charge in [-0.1, -0.05) is 12.8 Å². The van der Waals surface area contributed by atoms with Crippen LogP contribution in [0, 0.1) is 0 Å². The van der Waals surface area contributed by atoms with Crippen LogP contribution in [-0.2, 0) is 0 Å². The van der Waals surface area contributed by atoms with Gasteiger partial charge in [0.25, 0.3) is 0 Å². The number of hydrogen-bond donors (Lipinski definition) is 4. The van der Waals surface area contributed by atoms with Gasteiger partial charge >= 0.3 is 12.1 Å². The van der Waals surface area contributed by atoms with Gasteiger partial charge in [0.05, 0.1) is 0 Å². The highest BCUT2D eigenvalue weighted by Gasteiger charge is 1.95. The molecule has 0 aliphatic rings. The van der Waals surface area contributed by atoms with Crippen LogP contribution in [0.1, 0.15) is 25.7 Å². The van der Waals surface area contributed by atoms with Crippen molar-refractivity contribution < 1.29 is 9.59 Å². The molecule has 0 aliphatic carbocycles. The van der Waals surface area contributed by atoms with E-state index in [0.717, 1.165) is 25.7 Å². The number of amides is 4. The van der Waals surface area contributed by atoms with E-state index in [2.05, 4.69) is 16.0 Å². The summed E-state index contributed by atoms with van der Waals surface area (Å²) in [5.74, 6) is 0. The SMILES string of the molecule is CNC(=O)NCCCCCCNC(N)=O. The van der Waals surface area contributed by atoms with Gasteiger partial charge < -0.3 is 21.7 Å². The van der Waals surface area contributed by atoms with E-state index in [1.165, 1.54) is 0 Å². The van der Waals surface area contributed by atoms with E-state index < -0.39 is 6.03 Å². The Balaban J connectivity index is 3.05. The van der Waals surface area contributed by atoms with E-state index in [1.807, 2.05) is 0 Å². The first kappa shape index (κ1) is 13.5. The van der Waals surface area contributed by atoms with Gasteiger partial charge in [0.15, 0.2) is 0 Å². The average Bonchev–Trinajstić information content (AvgIpc) is 2.21. The highest BCUT2D eigenvalue weighted by atomic mass is 16.2. The minimum absolute atomic E-state index is 0.148. The Labute approximate surface area is 90.0 Å². The molecule has 0 aromatic rings. The summed E-state index contributed by atoms with van der Waals surface area (Å²) in [6, 6.07) is -0.623. The number of carbonyl (C=O) groups is 2. The molecule has 0 radical (unpaired) electrons. The lowest BCUT2D eigenvalue weighted by Gasteiger charge is -2.04. The smallest absolute Gasteiger partial charge is 0.314 e. The fraction of sp³-hybridized carbons (Fsp3) is 0.778. The number of unbranched alkanes of at least 4 members (excludes halogenated alkanes) is 3. The highest BCUT2D eigenvalue weighted by Crippen LogP contribution is 1.97. The second kappa shape index (κ2) is 9.11. The van der Waals surface area contributed by atoms with Gasteiger partial charge in [0.1, 0.15) is 0 Å². The summed E-state index contributed by atoms with van der Waals surface area (Å²) in [7, 11) is 1.59. The van der Waals surface area contributed by atoms with Crippen LogP contribution in [0.15, 0.2) is 0 Å². The standard InChI is InChI=1S/C9H20N4O2/c1-11-9(15)13-7-5-3-2-4-6-12-8(10)14/h2-7H2,1H3,(H3,10,12,14)(H2,11,13,15). The van der Waals surface area contributed by atoms with Gasteiger partial charge in [-0.2, -0.15) is 0 Å². The zero-order valence-electron chi connectivity index (χ0n) is 9.14. The van der Waals surface area contributed by atoms with Crippen LogP contribution in [0.25, 0.3) is 0 Å². The molecule has 15 heavy (non-hydrogen) atoms. The van der Waals surface area contributed by atoms with E-state index >= 15 is 0 Å². The van der Waals surface area contributed by atoms with Crippen LogP contribution in [0.2, 0.25) is 0 Å². The maximum absolute atomic E-state index is 10.7. The quantitative estimate of drug-likeness (QED) is 0.455. The number of primary amides is 1. The number of nitrogens with one attached hydrogen (secondary N) is 3. The second-order valence-electron chi connectivity index (χ2n) is 3.21. The third kappa shape index (κ3) is 10.5. The summed E-state index contributed by atoms with van der Waals surface area (Å²) in [6.45, 7) is 1.31. The lowest BCUT2D eigenvalue weighted by Crippen LogP contribution is -2.33. The Morgan fingerprint density at radius 2 is 1.53 bits per heavy atom. The number of hydrogen-bond acceptors (Lipinski definition) is 2. The van der Waals surface area contributed by atoms with Crippen molar-refractivity contribution in [2.24, 2.45) is 5.73 Å². The van der Waals surface area contributed by atoms with Crippen molar-refractivity contribution in [2.45, 2.75) is 25.7 Å². The molecule has 0 atom stereocenters. The van der Waals surface area contributed by atoms with Crippen molar-refractivity contribution in [1.82, 2.24) is 16.0 Å². The molecule has 0 fully saturated rings. The molecule has 0 saturated carbocycles. The molecule has 0 rings (SSSR count). The number of rotatable bonds is 7. The van der Waals surface area contributed by atoms with Gasteiger partial charge in [-0.05, 0) is 12.8 Å². The predicted octanol–water partition coefficient (Wildman–Crippen LogP) is 0.144. The van der Waals surface area contributed by atoms with E-state index in [1.54, 1.807) is 7.05 Å². The molecule has 0 aliphatic heterocycles. The first-order valence-corrected chi connectivity index (χ1v) is 5.15. The van der Waals surface area contributed by atoms with E-state index in [9.17, 15) is 9.59 Å². The fourth-order valence-corrected chi connectivity index (χ4v) is 1.11. The average molecular weight is 216 g/mol. The van der Waals surface area contributed by atoms with Crippen LogP contribution in [-0.4, -0.2) is 32.2 Å². The summed E-state index contributed by atoms with van der Waals surface area (Å²) < 4.78 is 0. The maximum atomic E-state index is 10.7. The Bertz CT molecular complexity index is 197. The third-order valence-corrected chi connectivity index (χ3v) is 1.92. The van der Waals surface area contributed by atoms with Gasteiger partial charge in [-0.25, -0.2) is 9.59 Å². The number of nitrogens with two attached hydrogens (primary N) is 1. The van der Waals surface area contributed by atoms with E-state index in [4.69, 9.17) is 5.73 Å². The molecule has 0 spiro atoms. The molecule has 5 N–H and O–H groups in total. The largest absolute Gasteiger partial charge is 0.352 e. The monoisotopic (exact) mass is 216 g/mol. The summed E-state index contributed by atoms with van der Waals surface area (Å²) >= 11 is 0. The van der Waals surface area contributed by atoms with Crippen molar-refractivity contribution in [3.63, 3.8) is 0 Å².